The standard InChI is InChI=1S/C56H94NO9P/c1-3-5-7-9-11-13-15-17-19-21-23-25-27-28-30-32-34-36-38-40-42-44-46-48-55(58)66-53(51-64-67(61,62)65-52-54(57)56(59)60)50-63-49-47-45-43-41-39-37-35-33-31-29-26-24-22-20-18-16-14-12-10-8-6-4-2/h5-8,11-14,17-20,23-26,31,33,53-54H,3-4,9-10,15-16,21-22,27-30,32,34-52,57H2,1-2H3,(H,59,60)(H,61,62)/b7-5-,8-6-,13-11-,14-12-,19-17-,20-18-,25-23-,26-24-,33-31-. The molecule has 10 nitrogen and oxygen atoms in total. The number of carbonyl (C=O) groups is 2. The Balaban J connectivity index is 4.20. The molecule has 0 fully saturated rings. The molecule has 0 aromatic carbocycles. The summed E-state index contributed by atoms with van der Waals surface area (Å²) < 4.78 is 33.5. The van der Waals surface area contributed by atoms with Crippen molar-refractivity contribution in [2.45, 2.75) is 206 Å². The van der Waals surface area contributed by atoms with Gasteiger partial charge in [-0.2, -0.15) is 0 Å². The first-order valence-electron chi connectivity index (χ1n) is 25.9. The lowest BCUT2D eigenvalue weighted by Crippen LogP contribution is -2.34. The molecule has 0 aliphatic carbocycles. The average Bonchev–Trinajstić information content (AvgIpc) is 3.31. The van der Waals surface area contributed by atoms with Crippen molar-refractivity contribution >= 4 is 19.8 Å². The number of aliphatic carboxylic acids is 1. The van der Waals surface area contributed by atoms with Gasteiger partial charge in [0.2, 0.25) is 0 Å². The summed E-state index contributed by atoms with van der Waals surface area (Å²) >= 11 is 0. The van der Waals surface area contributed by atoms with E-state index in [2.05, 4.69) is 123 Å². The Hall–Kier alpha value is -3.37. The summed E-state index contributed by atoms with van der Waals surface area (Å²) in [5.74, 6) is -1.80. The molecule has 3 unspecified atom stereocenters. The molecular formula is C56H94NO9P. The second-order valence-electron chi connectivity index (χ2n) is 16.9. The number of carbonyl (C=O) groups excluding carboxylic acids is 1. The highest BCUT2D eigenvalue weighted by molar-refractivity contribution is 7.47. The van der Waals surface area contributed by atoms with Crippen molar-refractivity contribution in [2.24, 2.45) is 5.73 Å². The number of nitrogens with two attached hydrogens (primary N) is 1. The van der Waals surface area contributed by atoms with Crippen LogP contribution in [0.5, 0.6) is 0 Å². The second kappa shape index (κ2) is 50.5. The molecule has 0 rings (SSSR count). The minimum absolute atomic E-state index is 0.00192. The van der Waals surface area contributed by atoms with Gasteiger partial charge in [0, 0.05) is 13.0 Å². The smallest absolute Gasteiger partial charge is 0.472 e. The predicted molar refractivity (Wildman–Crippen MR) is 281 cm³/mol. The number of hydrogen-bond acceptors (Lipinski definition) is 8. The van der Waals surface area contributed by atoms with Gasteiger partial charge in [-0.05, 0) is 96.3 Å². The molecule has 0 amide bonds. The highest BCUT2D eigenvalue weighted by Gasteiger charge is 2.27. The maximum atomic E-state index is 12.7. The summed E-state index contributed by atoms with van der Waals surface area (Å²) in [7, 11) is -4.64. The summed E-state index contributed by atoms with van der Waals surface area (Å²) in [6.07, 6.45) is 68.5. The fraction of sp³-hybridized carbons (Fsp3) is 0.643. The van der Waals surface area contributed by atoms with E-state index in [-0.39, 0.29) is 13.0 Å². The predicted octanol–water partition coefficient (Wildman–Crippen LogP) is 15.4. The van der Waals surface area contributed by atoms with Crippen molar-refractivity contribution in [1.82, 2.24) is 0 Å². The fourth-order valence-electron chi connectivity index (χ4n) is 6.62. The SMILES string of the molecule is CC/C=C\C/C=C\C/C=C\C/C=C\C/C=C\CCCCCCCCOCC(COP(=O)(O)OCC(N)C(=O)O)OC(=O)CCCCCCCCCCCC/C=C\C/C=C\C/C=C\C/C=C\CC. The number of carboxylic acids is 1. The Kier molecular flexibility index (Phi) is 48.0. The zero-order valence-electron chi connectivity index (χ0n) is 42.0. The van der Waals surface area contributed by atoms with Crippen LogP contribution in [-0.4, -0.2) is 60.5 Å². The molecule has 0 aliphatic rings. The van der Waals surface area contributed by atoms with E-state index < -0.39 is 45.1 Å². The molecule has 0 saturated carbocycles. The zero-order chi connectivity index (χ0) is 49.0. The van der Waals surface area contributed by atoms with Crippen molar-refractivity contribution < 1.29 is 42.7 Å². The minimum Gasteiger partial charge on any atom is -0.480 e. The minimum atomic E-state index is -4.64. The molecule has 11 heteroatoms. The van der Waals surface area contributed by atoms with Crippen LogP contribution in [0.15, 0.2) is 109 Å². The Labute approximate surface area is 408 Å². The first-order valence-corrected chi connectivity index (χ1v) is 27.4. The number of rotatable bonds is 48. The van der Waals surface area contributed by atoms with Crippen LogP contribution in [0.4, 0.5) is 0 Å². The molecule has 67 heavy (non-hydrogen) atoms. The summed E-state index contributed by atoms with van der Waals surface area (Å²) in [6, 6.07) is -1.48. The van der Waals surface area contributed by atoms with Gasteiger partial charge < -0.3 is 25.2 Å². The van der Waals surface area contributed by atoms with E-state index in [0.29, 0.717) is 13.0 Å². The quantitative estimate of drug-likeness (QED) is 0.0232. The van der Waals surface area contributed by atoms with Crippen LogP contribution in [-0.2, 0) is 32.7 Å². The van der Waals surface area contributed by atoms with Crippen LogP contribution in [0.25, 0.3) is 0 Å². The lowest BCUT2D eigenvalue weighted by Gasteiger charge is -2.20. The van der Waals surface area contributed by atoms with Gasteiger partial charge in [-0.1, -0.05) is 200 Å². The number of esters is 1. The van der Waals surface area contributed by atoms with Crippen molar-refractivity contribution in [1.29, 1.82) is 0 Å². The summed E-state index contributed by atoms with van der Waals surface area (Å²) in [5.41, 5.74) is 5.38. The molecule has 0 aliphatic heterocycles. The van der Waals surface area contributed by atoms with Crippen molar-refractivity contribution in [3.8, 4) is 0 Å². The average molecular weight is 956 g/mol. The Morgan fingerprint density at radius 3 is 1.22 bits per heavy atom. The van der Waals surface area contributed by atoms with Crippen molar-refractivity contribution in [3.05, 3.63) is 109 Å². The number of carboxylic acid groups (broad SMARTS) is 1. The number of phosphoric acid groups is 1. The monoisotopic (exact) mass is 956 g/mol. The molecule has 0 radical (unpaired) electrons. The molecule has 3 atom stereocenters. The Morgan fingerprint density at radius 2 is 0.821 bits per heavy atom. The van der Waals surface area contributed by atoms with E-state index >= 15 is 0 Å². The molecule has 0 aromatic heterocycles. The van der Waals surface area contributed by atoms with Crippen LogP contribution in [0.1, 0.15) is 194 Å². The third-order valence-electron chi connectivity index (χ3n) is 10.5. The molecule has 0 aromatic rings. The molecular weight excluding hydrogens is 862 g/mol. The molecule has 4 N–H and O–H groups in total. The fourth-order valence-corrected chi connectivity index (χ4v) is 7.40. The molecule has 0 bridgehead atoms. The first-order chi connectivity index (χ1) is 32.7. The number of allylic oxidation sites excluding steroid dienone is 18. The molecule has 382 valence electrons. The number of phosphoric ester groups is 1. The first kappa shape index (κ1) is 63.6. The van der Waals surface area contributed by atoms with Crippen LogP contribution in [0, 0.1) is 0 Å². The summed E-state index contributed by atoms with van der Waals surface area (Å²) in [4.78, 5) is 33.7. The third kappa shape index (κ3) is 50.3. The Bertz CT molecular complexity index is 1480. The van der Waals surface area contributed by atoms with Gasteiger partial charge in [0.25, 0.3) is 0 Å². The normalized spacial score (nSPS) is 14.6. The topological polar surface area (TPSA) is 155 Å². The highest BCUT2D eigenvalue weighted by atomic mass is 31.2. The van der Waals surface area contributed by atoms with E-state index in [1.54, 1.807) is 0 Å². The van der Waals surface area contributed by atoms with Gasteiger partial charge in [0.1, 0.15) is 12.1 Å². The maximum absolute atomic E-state index is 12.7. The van der Waals surface area contributed by atoms with Gasteiger partial charge in [-0.15, -0.1) is 0 Å². The Morgan fingerprint density at radius 1 is 0.478 bits per heavy atom. The van der Waals surface area contributed by atoms with Crippen LogP contribution >= 0.6 is 7.82 Å². The highest BCUT2D eigenvalue weighted by Crippen LogP contribution is 2.43. The van der Waals surface area contributed by atoms with E-state index in [0.717, 1.165) is 116 Å². The van der Waals surface area contributed by atoms with Gasteiger partial charge in [-0.25, -0.2) is 4.57 Å². The van der Waals surface area contributed by atoms with Gasteiger partial charge in [0.05, 0.1) is 19.8 Å². The van der Waals surface area contributed by atoms with E-state index in [1.165, 1.54) is 51.4 Å². The van der Waals surface area contributed by atoms with Crippen LogP contribution in [0.3, 0.4) is 0 Å². The second-order valence-corrected chi connectivity index (χ2v) is 18.3. The van der Waals surface area contributed by atoms with E-state index in [4.69, 9.17) is 29.4 Å². The number of hydrogen-bond donors (Lipinski definition) is 3. The molecule has 0 saturated heterocycles. The van der Waals surface area contributed by atoms with E-state index in [1.807, 2.05) is 0 Å². The van der Waals surface area contributed by atoms with Gasteiger partial charge in [0.15, 0.2) is 0 Å². The van der Waals surface area contributed by atoms with Crippen LogP contribution in [0.2, 0.25) is 0 Å². The van der Waals surface area contributed by atoms with Gasteiger partial charge in [-0.3, -0.25) is 18.6 Å². The molecule has 0 spiro atoms. The van der Waals surface area contributed by atoms with E-state index in [9.17, 15) is 19.0 Å². The largest absolute Gasteiger partial charge is 0.480 e. The van der Waals surface area contributed by atoms with Crippen molar-refractivity contribution in [2.75, 3.05) is 26.4 Å². The lowest BCUT2D eigenvalue weighted by molar-refractivity contribution is -0.154. The third-order valence-corrected chi connectivity index (χ3v) is 11.5. The zero-order valence-corrected chi connectivity index (χ0v) is 42.8. The summed E-state index contributed by atoms with van der Waals surface area (Å²) in [6.45, 7) is 3.61. The number of ether oxygens (including phenoxy) is 2. The number of unbranched alkanes of at least 4 members (excludes halogenated alkanes) is 16. The lowest BCUT2D eigenvalue weighted by atomic mass is 10.0. The van der Waals surface area contributed by atoms with Crippen LogP contribution < -0.4 is 5.73 Å². The maximum Gasteiger partial charge on any atom is 0.472 e. The van der Waals surface area contributed by atoms with Crippen molar-refractivity contribution in [3.63, 3.8) is 0 Å². The summed E-state index contributed by atoms with van der Waals surface area (Å²) in [5, 5.41) is 8.94. The molecule has 0 heterocycles. The van der Waals surface area contributed by atoms with Gasteiger partial charge >= 0.3 is 19.8 Å².